The van der Waals surface area contributed by atoms with E-state index in [2.05, 4.69) is 189 Å². The highest BCUT2D eigenvalue weighted by Gasteiger charge is 2.50. The summed E-state index contributed by atoms with van der Waals surface area (Å²) in [5.74, 6) is 0.234. The topological polar surface area (TPSA) is 43.1 Å². The van der Waals surface area contributed by atoms with Crippen LogP contribution < -0.4 is 5.73 Å². The first-order chi connectivity index (χ1) is 25.0. The van der Waals surface area contributed by atoms with Crippen molar-refractivity contribution in [3.63, 3.8) is 0 Å². The Labute approximate surface area is 312 Å². The summed E-state index contributed by atoms with van der Waals surface area (Å²) in [4.78, 5) is 14.6. The van der Waals surface area contributed by atoms with E-state index in [9.17, 15) is 4.79 Å². The number of unbranched alkanes of at least 4 members (excludes halogenated alkanes) is 3. The molecule has 0 saturated carbocycles. The molecule has 6 aromatic carbocycles. The molecule has 1 unspecified atom stereocenters. The summed E-state index contributed by atoms with van der Waals surface area (Å²) in [7, 11) is 0. The fraction of sp³-hybridized carbons (Fsp3) is 0.213. The van der Waals surface area contributed by atoms with Crippen LogP contribution in [-0.2, 0) is 14.3 Å². The Morgan fingerprint density at radius 3 is 1.08 bits per heavy atom. The Balaban J connectivity index is 1.58. The lowest BCUT2D eigenvalue weighted by molar-refractivity contribution is -0.120. The fourth-order valence-electron chi connectivity index (χ4n) is 7.22. The molecule has 1 amide bonds. The van der Waals surface area contributed by atoms with E-state index in [0.29, 0.717) is 12.2 Å². The summed E-state index contributed by atoms with van der Waals surface area (Å²) in [5.41, 5.74) is 13.7. The van der Waals surface area contributed by atoms with Gasteiger partial charge in [-0.3, -0.25) is 4.79 Å². The van der Waals surface area contributed by atoms with Gasteiger partial charge in [0.25, 0.3) is 0 Å². The Kier molecular flexibility index (Phi) is 12.2. The number of primary amides is 1. The number of hydrogen-bond acceptors (Lipinski definition) is 3. The molecule has 0 radical (unpaired) electrons. The predicted molar refractivity (Wildman–Crippen MR) is 219 cm³/mol. The molecule has 258 valence electrons. The van der Waals surface area contributed by atoms with Crippen molar-refractivity contribution in [3.05, 3.63) is 215 Å². The highest BCUT2D eigenvalue weighted by molar-refractivity contribution is 8.05. The standard InChI is InChI=1S/C47H47NOS2/c1-2-3-4-23-36-45(44(48)49,51-47(41-30-17-8-18-31-41,42-32-19-9-20-33-42)43-34-21-10-22-35-43)37-50-46(38-24-11-5-12-25-38,39-26-13-6-14-27-39)40-28-15-7-16-29-40/h5-22,24-35H,2-4,23,36-37H2,1H3,(H2,48,49). The lowest BCUT2D eigenvalue weighted by Crippen LogP contribution is -2.48. The van der Waals surface area contributed by atoms with Crippen molar-refractivity contribution in [1.82, 2.24) is 0 Å². The number of carbonyl (C=O) groups excluding carboxylic acids is 1. The molecule has 6 aromatic rings. The molecule has 51 heavy (non-hydrogen) atoms. The van der Waals surface area contributed by atoms with E-state index in [1.807, 2.05) is 11.8 Å². The van der Waals surface area contributed by atoms with Gasteiger partial charge in [0.2, 0.25) is 5.91 Å². The number of hydrogen-bond donors (Lipinski definition) is 1. The van der Waals surface area contributed by atoms with Crippen LogP contribution >= 0.6 is 23.5 Å². The SMILES string of the molecule is CCCCCCC(CSC(c1ccccc1)(c1ccccc1)c1ccccc1)(SC(c1ccccc1)(c1ccccc1)c1ccccc1)C(N)=O. The quantitative estimate of drug-likeness (QED) is 0.0759. The van der Waals surface area contributed by atoms with E-state index >= 15 is 0 Å². The van der Waals surface area contributed by atoms with Gasteiger partial charge < -0.3 is 5.73 Å². The third-order valence-corrected chi connectivity index (χ3v) is 13.7. The third-order valence-electron chi connectivity index (χ3n) is 9.84. The Morgan fingerprint density at radius 2 is 0.784 bits per heavy atom. The van der Waals surface area contributed by atoms with Crippen LogP contribution in [0, 0.1) is 0 Å². The van der Waals surface area contributed by atoms with E-state index in [4.69, 9.17) is 5.73 Å². The molecular formula is C47H47NOS2. The van der Waals surface area contributed by atoms with Crippen molar-refractivity contribution in [1.29, 1.82) is 0 Å². The normalized spacial score (nSPS) is 13.0. The molecule has 0 aliphatic rings. The van der Waals surface area contributed by atoms with E-state index in [-0.39, 0.29) is 5.91 Å². The number of benzene rings is 6. The first-order valence-corrected chi connectivity index (χ1v) is 19.8. The number of thioether (sulfide) groups is 2. The molecular weight excluding hydrogens is 659 g/mol. The first-order valence-electron chi connectivity index (χ1n) is 18.0. The molecule has 6 rings (SSSR count). The third kappa shape index (κ3) is 7.73. The van der Waals surface area contributed by atoms with Gasteiger partial charge in [-0.15, -0.1) is 23.5 Å². The average Bonchev–Trinajstić information content (AvgIpc) is 3.20. The number of carbonyl (C=O) groups is 1. The van der Waals surface area contributed by atoms with E-state index < -0.39 is 14.2 Å². The second kappa shape index (κ2) is 17.1. The predicted octanol–water partition coefficient (Wildman–Crippen LogP) is 11.6. The van der Waals surface area contributed by atoms with Crippen molar-refractivity contribution < 1.29 is 4.79 Å². The maximum absolute atomic E-state index is 14.6. The van der Waals surface area contributed by atoms with Crippen molar-refractivity contribution in [2.45, 2.75) is 53.3 Å². The van der Waals surface area contributed by atoms with Crippen molar-refractivity contribution in [2.24, 2.45) is 5.73 Å². The number of rotatable bonds is 17. The van der Waals surface area contributed by atoms with Gasteiger partial charge in [0.05, 0.1) is 9.49 Å². The minimum absolute atomic E-state index is 0.272. The lowest BCUT2D eigenvalue weighted by Gasteiger charge is -2.45. The van der Waals surface area contributed by atoms with Gasteiger partial charge >= 0.3 is 0 Å². The molecule has 0 saturated heterocycles. The molecule has 0 bridgehead atoms. The van der Waals surface area contributed by atoms with Crippen molar-refractivity contribution in [3.8, 4) is 0 Å². The zero-order valence-corrected chi connectivity index (χ0v) is 31.0. The van der Waals surface area contributed by atoms with E-state index in [0.717, 1.165) is 42.4 Å². The van der Waals surface area contributed by atoms with Crippen LogP contribution in [0.3, 0.4) is 0 Å². The molecule has 0 aromatic heterocycles. The minimum Gasteiger partial charge on any atom is -0.368 e. The molecule has 0 aliphatic heterocycles. The van der Waals surface area contributed by atoms with Crippen LogP contribution in [0.4, 0.5) is 0 Å². The fourth-order valence-corrected chi connectivity index (χ4v) is 11.0. The molecule has 4 heteroatoms. The minimum atomic E-state index is -0.941. The van der Waals surface area contributed by atoms with E-state index in [1.54, 1.807) is 11.8 Å². The number of nitrogens with two attached hydrogens (primary N) is 1. The van der Waals surface area contributed by atoms with Crippen LogP contribution in [0.5, 0.6) is 0 Å². The summed E-state index contributed by atoms with van der Waals surface area (Å²) in [6, 6.07) is 64.2. The van der Waals surface area contributed by atoms with Gasteiger partial charge in [-0.25, -0.2) is 0 Å². The van der Waals surface area contributed by atoms with Crippen LogP contribution in [0.15, 0.2) is 182 Å². The molecule has 0 fully saturated rings. The van der Waals surface area contributed by atoms with Gasteiger partial charge in [-0.05, 0) is 39.8 Å². The van der Waals surface area contributed by atoms with Crippen molar-refractivity contribution in [2.75, 3.05) is 5.75 Å². The second-order valence-electron chi connectivity index (χ2n) is 13.1. The largest absolute Gasteiger partial charge is 0.368 e. The number of amides is 1. The van der Waals surface area contributed by atoms with Gasteiger partial charge in [0, 0.05) is 5.75 Å². The van der Waals surface area contributed by atoms with Crippen LogP contribution in [0.1, 0.15) is 72.4 Å². The first kappa shape index (κ1) is 36.3. The molecule has 0 aliphatic carbocycles. The molecule has 0 spiro atoms. The maximum Gasteiger partial charge on any atom is 0.234 e. The highest BCUT2D eigenvalue weighted by Crippen LogP contribution is 2.58. The average molecular weight is 706 g/mol. The molecule has 2 N–H and O–H groups in total. The van der Waals surface area contributed by atoms with Crippen LogP contribution in [-0.4, -0.2) is 16.4 Å². The summed E-state index contributed by atoms with van der Waals surface area (Å²) in [6.45, 7) is 2.23. The van der Waals surface area contributed by atoms with Crippen molar-refractivity contribution >= 4 is 29.4 Å². The van der Waals surface area contributed by atoms with Gasteiger partial charge in [0.1, 0.15) is 4.75 Å². The Bertz CT molecular complexity index is 1730. The molecule has 1 atom stereocenters. The second-order valence-corrected chi connectivity index (χ2v) is 15.9. The Hall–Kier alpha value is -4.51. The van der Waals surface area contributed by atoms with Gasteiger partial charge in [0.15, 0.2) is 0 Å². The summed E-state index contributed by atoms with van der Waals surface area (Å²) >= 11 is 3.57. The van der Waals surface area contributed by atoms with Crippen LogP contribution in [0.2, 0.25) is 0 Å². The highest BCUT2D eigenvalue weighted by atomic mass is 32.2. The van der Waals surface area contributed by atoms with Gasteiger partial charge in [-0.1, -0.05) is 215 Å². The molecule has 0 heterocycles. The Morgan fingerprint density at radius 1 is 0.471 bits per heavy atom. The monoisotopic (exact) mass is 705 g/mol. The maximum atomic E-state index is 14.6. The lowest BCUT2D eigenvalue weighted by atomic mass is 9.84. The van der Waals surface area contributed by atoms with Crippen LogP contribution in [0.25, 0.3) is 0 Å². The summed E-state index contributed by atoms with van der Waals surface area (Å²) < 4.78 is -2.24. The van der Waals surface area contributed by atoms with E-state index in [1.165, 1.54) is 16.7 Å². The zero-order chi connectivity index (χ0) is 35.4. The zero-order valence-electron chi connectivity index (χ0n) is 29.4. The summed E-state index contributed by atoms with van der Waals surface area (Å²) in [6.07, 6.45) is 4.87. The smallest absolute Gasteiger partial charge is 0.234 e. The summed E-state index contributed by atoms with van der Waals surface area (Å²) in [5, 5.41) is 0. The molecule has 2 nitrogen and oxygen atoms in total. The van der Waals surface area contributed by atoms with Gasteiger partial charge in [-0.2, -0.15) is 0 Å².